The second-order valence-corrected chi connectivity index (χ2v) is 9.67. The van der Waals surface area contributed by atoms with E-state index < -0.39 is 39.0 Å². The number of hydrogen-bond acceptors (Lipinski definition) is 7. The summed E-state index contributed by atoms with van der Waals surface area (Å²) in [6, 6.07) is 9.16. The van der Waals surface area contributed by atoms with Crippen molar-refractivity contribution in [2.45, 2.75) is 23.9 Å². The fourth-order valence-electron chi connectivity index (χ4n) is 3.14. The van der Waals surface area contributed by atoms with Crippen LogP contribution < -0.4 is 21.5 Å². The molecule has 1 unspecified atom stereocenters. The number of carbonyl (C=O) groups is 1. The molecule has 3 N–H and O–H groups in total. The number of rotatable bonds is 9. The predicted molar refractivity (Wildman–Crippen MR) is 123 cm³/mol. The van der Waals surface area contributed by atoms with E-state index in [4.69, 9.17) is 21.5 Å². The third-order valence-corrected chi connectivity index (χ3v) is 7.14. The van der Waals surface area contributed by atoms with Gasteiger partial charge in [0, 0.05) is 25.9 Å². The monoisotopic (exact) mass is 526 g/mol. The summed E-state index contributed by atoms with van der Waals surface area (Å²) in [5.41, 5.74) is -0.179. The number of amides is 1. The highest BCUT2D eigenvalue weighted by Gasteiger charge is 2.33. The van der Waals surface area contributed by atoms with Gasteiger partial charge < -0.3 is 4.74 Å². The Bertz CT molecular complexity index is 1440. The van der Waals surface area contributed by atoms with Crippen LogP contribution in [0.3, 0.4) is 0 Å². The van der Waals surface area contributed by atoms with Gasteiger partial charge in [-0.05, 0) is 42.8 Å². The van der Waals surface area contributed by atoms with Gasteiger partial charge in [0.2, 0.25) is 10.0 Å². The standard InChI is InChI=1S/C21H20ClFN4O7S/c1-26(18(20(29)25-31)9-10-27-12-17(22)19(28)24-21(27)30)35(32,33)16-7-5-14(6-8-16)34-15-4-2-3-13(23)11-15/h2-8,11-12,18,31H,9-10H2,1H3,(H,25,29)(H,24,28,30). The molecular formula is C21H20ClFN4O7S. The van der Waals surface area contributed by atoms with Gasteiger partial charge in [0.15, 0.2) is 0 Å². The number of halogens is 2. The van der Waals surface area contributed by atoms with E-state index in [-0.39, 0.29) is 34.4 Å². The van der Waals surface area contributed by atoms with Crippen LogP contribution in [0.1, 0.15) is 6.42 Å². The van der Waals surface area contributed by atoms with Gasteiger partial charge in [-0.3, -0.25) is 24.3 Å². The van der Waals surface area contributed by atoms with E-state index in [0.29, 0.717) is 0 Å². The van der Waals surface area contributed by atoms with E-state index in [1.54, 1.807) is 0 Å². The lowest BCUT2D eigenvalue weighted by Crippen LogP contribution is -2.47. The second-order valence-electron chi connectivity index (χ2n) is 7.26. The quantitative estimate of drug-likeness (QED) is 0.283. The minimum absolute atomic E-state index is 0.188. The number of aromatic amines is 1. The number of aryl methyl sites for hydroxylation is 1. The lowest BCUT2D eigenvalue weighted by molar-refractivity contribution is -0.133. The van der Waals surface area contributed by atoms with Crippen molar-refractivity contribution in [2.75, 3.05) is 7.05 Å². The van der Waals surface area contributed by atoms with Gasteiger partial charge in [0.25, 0.3) is 11.5 Å². The molecule has 0 radical (unpaired) electrons. The summed E-state index contributed by atoms with van der Waals surface area (Å²) in [6.45, 7) is -0.201. The average molecular weight is 527 g/mol. The number of H-pyrrole nitrogens is 1. The largest absolute Gasteiger partial charge is 0.457 e. The lowest BCUT2D eigenvalue weighted by atomic mass is 10.2. The number of nitrogens with zero attached hydrogens (tertiary/aromatic N) is 2. The minimum atomic E-state index is -4.24. The fraction of sp³-hybridized carbons (Fsp3) is 0.190. The molecule has 14 heteroatoms. The van der Waals surface area contributed by atoms with Crippen LogP contribution in [-0.2, 0) is 21.4 Å². The Hall–Kier alpha value is -3.52. The molecule has 1 heterocycles. The van der Waals surface area contributed by atoms with Gasteiger partial charge in [-0.2, -0.15) is 4.31 Å². The molecule has 0 spiro atoms. The fourth-order valence-corrected chi connectivity index (χ4v) is 4.66. The average Bonchev–Trinajstić information content (AvgIpc) is 2.82. The van der Waals surface area contributed by atoms with Crippen LogP contribution >= 0.6 is 11.6 Å². The van der Waals surface area contributed by atoms with E-state index in [1.807, 2.05) is 4.98 Å². The number of carbonyl (C=O) groups excluding carboxylic acids is 1. The Morgan fingerprint density at radius 2 is 1.91 bits per heavy atom. The Morgan fingerprint density at radius 1 is 1.23 bits per heavy atom. The minimum Gasteiger partial charge on any atom is -0.457 e. The van der Waals surface area contributed by atoms with Crippen molar-refractivity contribution >= 4 is 27.5 Å². The molecule has 0 saturated heterocycles. The van der Waals surface area contributed by atoms with Gasteiger partial charge in [-0.25, -0.2) is 23.1 Å². The van der Waals surface area contributed by atoms with Crippen LogP contribution in [0, 0.1) is 5.82 Å². The lowest BCUT2D eigenvalue weighted by Gasteiger charge is -2.26. The zero-order chi connectivity index (χ0) is 25.8. The first kappa shape index (κ1) is 26.1. The Kier molecular flexibility index (Phi) is 8.07. The van der Waals surface area contributed by atoms with Crippen LogP contribution in [0.25, 0.3) is 0 Å². The van der Waals surface area contributed by atoms with Gasteiger partial charge in [-0.1, -0.05) is 17.7 Å². The summed E-state index contributed by atoms with van der Waals surface area (Å²) in [5, 5.41) is 8.85. The maximum absolute atomic E-state index is 13.3. The number of nitrogens with one attached hydrogen (secondary N) is 2. The van der Waals surface area contributed by atoms with E-state index >= 15 is 0 Å². The molecule has 11 nitrogen and oxygen atoms in total. The summed E-state index contributed by atoms with van der Waals surface area (Å²) in [7, 11) is -3.11. The molecule has 1 aromatic heterocycles. The highest BCUT2D eigenvalue weighted by molar-refractivity contribution is 7.89. The molecule has 2 aromatic carbocycles. The van der Waals surface area contributed by atoms with Crippen molar-refractivity contribution in [1.82, 2.24) is 19.3 Å². The van der Waals surface area contributed by atoms with E-state index in [0.717, 1.165) is 28.2 Å². The first-order valence-electron chi connectivity index (χ1n) is 9.97. The predicted octanol–water partition coefficient (Wildman–Crippen LogP) is 1.71. The van der Waals surface area contributed by atoms with Crippen LogP contribution in [-0.4, -0.2) is 46.5 Å². The summed E-state index contributed by atoms with van der Waals surface area (Å²) in [4.78, 5) is 37.4. The van der Waals surface area contributed by atoms with Crippen LogP contribution in [0.4, 0.5) is 4.39 Å². The van der Waals surface area contributed by atoms with Crippen molar-refractivity contribution in [2.24, 2.45) is 0 Å². The van der Waals surface area contributed by atoms with E-state index in [2.05, 4.69) is 0 Å². The number of aromatic nitrogens is 2. The van der Waals surface area contributed by atoms with Gasteiger partial charge in [0.1, 0.15) is 28.4 Å². The smallest absolute Gasteiger partial charge is 0.328 e. The highest BCUT2D eigenvalue weighted by atomic mass is 35.5. The van der Waals surface area contributed by atoms with E-state index in [9.17, 15) is 27.2 Å². The molecule has 35 heavy (non-hydrogen) atoms. The summed E-state index contributed by atoms with van der Waals surface area (Å²) < 4.78 is 46.8. The zero-order valence-electron chi connectivity index (χ0n) is 18.1. The Morgan fingerprint density at radius 3 is 2.54 bits per heavy atom. The first-order valence-corrected chi connectivity index (χ1v) is 11.8. The number of hydrogen-bond donors (Lipinski definition) is 3. The maximum atomic E-state index is 13.3. The Labute approximate surface area is 203 Å². The summed E-state index contributed by atoms with van der Waals surface area (Å²) in [6.07, 6.45) is 0.813. The molecule has 0 aliphatic carbocycles. The highest BCUT2D eigenvalue weighted by Crippen LogP contribution is 2.25. The van der Waals surface area contributed by atoms with Crippen molar-refractivity contribution in [1.29, 1.82) is 0 Å². The van der Waals surface area contributed by atoms with Gasteiger partial charge >= 0.3 is 5.69 Å². The molecule has 0 aliphatic rings. The molecule has 186 valence electrons. The number of sulfonamides is 1. The molecular weight excluding hydrogens is 507 g/mol. The van der Waals surface area contributed by atoms with Crippen molar-refractivity contribution in [3.63, 3.8) is 0 Å². The first-order chi connectivity index (χ1) is 16.5. The molecule has 1 atom stereocenters. The van der Waals surface area contributed by atoms with Crippen LogP contribution in [0.5, 0.6) is 11.5 Å². The Balaban J connectivity index is 1.80. The summed E-state index contributed by atoms with van der Waals surface area (Å²) >= 11 is 5.72. The SMILES string of the molecule is CN(C(CCn1cc(Cl)c(=O)[nH]c1=O)C(=O)NO)S(=O)(=O)c1ccc(Oc2cccc(F)c2)cc1. The second kappa shape index (κ2) is 10.8. The van der Waals surface area contributed by atoms with Crippen LogP contribution in [0.15, 0.2) is 69.2 Å². The molecule has 0 bridgehead atoms. The topological polar surface area (TPSA) is 151 Å². The molecule has 3 aromatic rings. The molecule has 0 aliphatic heterocycles. The number of ether oxygens (including phenoxy) is 1. The maximum Gasteiger partial charge on any atom is 0.328 e. The molecule has 3 rings (SSSR count). The van der Waals surface area contributed by atoms with Crippen LogP contribution in [0.2, 0.25) is 5.02 Å². The summed E-state index contributed by atoms with van der Waals surface area (Å²) in [5.74, 6) is -1.07. The van der Waals surface area contributed by atoms with Crippen molar-refractivity contribution in [3.05, 3.63) is 86.4 Å². The number of hydroxylamine groups is 1. The van der Waals surface area contributed by atoms with Gasteiger partial charge in [-0.15, -0.1) is 0 Å². The number of likely N-dealkylation sites (N-methyl/N-ethyl adjacent to an activating group) is 1. The van der Waals surface area contributed by atoms with E-state index in [1.165, 1.54) is 47.9 Å². The molecule has 1 amide bonds. The third kappa shape index (κ3) is 6.14. The normalized spacial score (nSPS) is 12.4. The number of benzene rings is 2. The van der Waals surface area contributed by atoms with Gasteiger partial charge in [0.05, 0.1) is 4.90 Å². The van der Waals surface area contributed by atoms with Crippen molar-refractivity contribution < 1.29 is 27.5 Å². The third-order valence-electron chi connectivity index (χ3n) is 5.00. The molecule has 0 saturated carbocycles. The zero-order valence-corrected chi connectivity index (χ0v) is 19.7. The molecule has 0 fully saturated rings. The van der Waals surface area contributed by atoms with Crippen molar-refractivity contribution in [3.8, 4) is 11.5 Å².